The minimum absolute atomic E-state index is 0.0790. The fourth-order valence-corrected chi connectivity index (χ4v) is 4.84. The number of thiazole rings is 1. The van der Waals surface area contributed by atoms with Crippen molar-refractivity contribution >= 4 is 11.3 Å². The minimum atomic E-state index is -0.0790. The maximum absolute atomic E-state index is 6.00. The van der Waals surface area contributed by atoms with E-state index in [-0.39, 0.29) is 5.60 Å². The Labute approximate surface area is 131 Å². The number of hydrogen-bond donors (Lipinski definition) is 1. The van der Waals surface area contributed by atoms with Crippen LogP contribution in [0.3, 0.4) is 0 Å². The monoisotopic (exact) mass is 306 g/mol. The number of methoxy groups -OCH3 is 1. The highest BCUT2D eigenvalue weighted by Crippen LogP contribution is 2.47. The summed E-state index contributed by atoms with van der Waals surface area (Å²) in [5.74, 6) is 0.739. The molecule has 0 aliphatic heterocycles. The molecule has 1 aromatic rings. The van der Waals surface area contributed by atoms with Crippen molar-refractivity contribution in [2.45, 2.75) is 81.9 Å². The van der Waals surface area contributed by atoms with Gasteiger partial charge in [-0.15, -0.1) is 11.3 Å². The average molecular weight is 306 g/mol. The van der Waals surface area contributed by atoms with Gasteiger partial charge in [-0.05, 0) is 38.5 Å². The maximum Gasteiger partial charge on any atom is 0.125 e. The third kappa shape index (κ3) is 2.90. The predicted octanol–water partition coefficient (Wildman–Crippen LogP) is 4.08. The van der Waals surface area contributed by atoms with E-state index in [1.54, 1.807) is 0 Å². The third-order valence-electron chi connectivity index (χ3n) is 5.26. The largest absolute Gasteiger partial charge is 0.371 e. The second kappa shape index (κ2) is 5.64. The van der Waals surface area contributed by atoms with Gasteiger partial charge in [0.2, 0.25) is 0 Å². The number of nitrogens with one attached hydrogen (secondary N) is 1. The molecule has 3 aliphatic rings. The van der Waals surface area contributed by atoms with E-state index in [9.17, 15) is 0 Å². The Morgan fingerprint density at radius 2 is 1.95 bits per heavy atom. The molecule has 0 bridgehead atoms. The lowest BCUT2D eigenvalue weighted by atomic mass is 9.85. The van der Waals surface area contributed by atoms with Crippen LogP contribution in [0.2, 0.25) is 0 Å². The molecule has 116 valence electrons. The molecule has 0 saturated heterocycles. The van der Waals surface area contributed by atoms with Crippen molar-refractivity contribution in [3.8, 4) is 0 Å². The Kier molecular flexibility index (Phi) is 3.80. The molecular formula is C17H26N2OS. The van der Waals surface area contributed by atoms with Gasteiger partial charge in [0.1, 0.15) is 10.6 Å². The van der Waals surface area contributed by atoms with Gasteiger partial charge in [0.15, 0.2) is 0 Å². The van der Waals surface area contributed by atoms with Crippen molar-refractivity contribution in [2.24, 2.45) is 0 Å². The van der Waals surface area contributed by atoms with Crippen LogP contribution in [0.15, 0.2) is 0 Å². The van der Waals surface area contributed by atoms with Crippen molar-refractivity contribution in [1.82, 2.24) is 10.3 Å². The van der Waals surface area contributed by atoms with Crippen LogP contribution in [0.4, 0.5) is 0 Å². The zero-order valence-electron chi connectivity index (χ0n) is 13.0. The first kappa shape index (κ1) is 14.2. The molecule has 4 rings (SSSR count). The zero-order valence-corrected chi connectivity index (χ0v) is 13.8. The number of nitrogens with zero attached hydrogens (tertiary/aromatic N) is 1. The summed E-state index contributed by atoms with van der Waals surface area (Å²) in [6.07, 6.45) is 11.6. The lowest BCUT2D eigenvalue weighted by Gasteiger charge is -2.34. The number of rotatable bonds is 6. The van der Waals surface area contributed by atoms with Gasteiger partial charge in [0.25, 0.3) is 0 Å². The summed E-state index contributed by atoms with van der Waals surface area (Å²) < 4.78 is 6.00. The normalized spacial score (nSPS) is 25.2. The Bertz CT molecular complexity index is 499. The van der Waals surface area contributed by atoms with Crippen molar-refractivity contribution < 1.29 is 4.74 Å². The van der Waals surface area contributed by atoms with E-state index < -0.39 is 0 Å². The first-order chi connectivity index (χ1) is 10.3. The van der Waals surface area contributed by atoms with E-state index >= 15 is 0 Å². The van der Waals surface area contributed by atoms with E-state index in [0.29, 0.717) is 0 Å². The summed E-state index contributed by atoms with van der Waals surface area (Å²) in [5.41, 5.74) is 1.31. The van der Waals surface area contributed by atoms with Crippen LogP contribution < -0.4 is 5.32 Å². The van der Waals surface area contributed by atoms with E-state index in [1.165, 1.54) is 60.5 Å². The number of ether oxygens (including phenoxy) is 1. The number of aromatic nitrogens is 1. The van der Waals surface area contributed by atoms with Gasteiger partial charge in [-0.1, -0.05) is 19.3 Å². The molecule has 1 aromatic heterocycles. The van der Waals surface area contributed by atoms with Crippen LogP contribution in [0.5, 0.6) is 0 Å². The fraction of sp³-hybridized carbons (Fsp3) is 0.824. The molecule has 1 heterocycles. The zero-order chi connectivity index (χ0) is 14.3. The summed E-state index contributed by atoms with van der Waals surface area (Å²) in [4.78, 5) is 6.58. The second-order valence-electron chi connectivity index (χ2n) is 7.02. The quantitative estimate of drug-likeness (QED) is 0.860. The van der Waals surface area contributed by atoms with Crippen LogP contribution >= 0.6 is 11.3 Å². The van der Waals surface area contributed by atoms with Crippen molar-refractivity contribution in [2.75, 3.05) is 7.11 Å². The molecule has 1 N–H and O–H groups in total. The second-order valence-corrected chi connectivity index (χ2v) is 8.10. The van der Waals surface area contributed by atoms with Crippen LogP contribution in [-0.2, 0) is 16.9 Å². The molecular weight excluding hydrogens is 280 g/mol. The van der Waals surface area contributed by atoms with Gasteiger partial charge in [-0.2, -0.15) is 0 Å². The highest BCUT2D eigenvalue weighted by molar-refractivity contribution is 7.11. The molecule has 0 unspecified atom stereocenters. The van der Waals surface area contributed by atoms with Crippen LogP contribution in [0, 0.1) is 0 Å². The van der Waals surface area contributed by atoms with Crippen molar-refractivity contribution in [1.29, 1.82) is 0 Å². The SMILES string of the molecule is COC1(c2nc(C3CC3)c(CNC3CC3)s2)CCCCC1. The van der Waals surface area contributed by atoms with Gasteiger partial charge < -0.3 is 10.1 Å². The van der Waals surface area contributed by atoms with Crippen LogP contribution in [0.1, 0.15) is 79.3 Å². The Hall–Kier alpha value is -0.450. The molecule has 3 aliphatic carbocycles. The van der Waals surface area contributed by atoms with E-state index in [1.807, 2.05) is 18.4 Å². The minimum Gasteiger partial charge on any atom is -0.371 e. The van der Waals surface area contributed by atoms with E-state index in [2.05, 4.69) is 5.32 Å². The van der Waals surface area contributed by atoms with Crippen molar-refractivity contribution in [3.05, 3.63) is 15.6 Å². The summed E-state index contributed by atoms with van der Waals surface area (Å²) in [6, 6.07) is 0.772. The van der Waals surface area contributed by atoms with E-state index in [4.69, 9.17) is 9.72 Å². The summed E-state index contributed by atoms with van der Waals surface area (Å²) in [5, 5.41) is 4.94. The summed E-state index contributed by atoms with van der Waals surface area (Å²) >= 11 is 1.93. The predicted molar refractivity (Wildman–Crippen MR) is 85.7 cm³/mol. The maximum atomic E-state index is 6.00. The average Bonchev–Trinajstić information content (AvgIpc) is 3.45. The first-order valence-electron chi connectivity index (χ1n) is 8.59. The third-order valence-corrected chi connectivity index (χ3v) is 6.52. The molecule has 0 spiro atoms. The van der Waals surface area contributed by atoms with Gasteiger partial charge in [-0.3, -0.25) is 0 Å². The molecule has 3 nitrogen and oxygen atoms in total. The standard InChI is InChI=1S/C17H26N2OS/c1-20-17(9-3-2-4-10-17)16-19-15(12-5-6-12)14(21-16)11-18-13-7-8-13/h12-13,18H,2-11H2,1H3. The molecule has 4 heteroatoms. The molecule has 21 heavy (non-hydrogen) atoms. The highest BCUT2D eigenvalue weighted by Gasteiger charge is 2.39. The van der Waals surface area contributed by atoms with E-state index in [0.717, 1.165) is 31.3 Å². The van der Waals surface area contributed by atoms with Crippen LogP contribution in [-0.4, -0.2) is 18.1 Å². The van der Waals surface area contributed by atoms with Crippen LogP contribution in [0.25, 0.3) is 0 Å². The Morgan fingerprint density at radius 1 is 1.19 bits per heavy atom. The van der Waals surface area contributed by atoms with Gasteiger partial charge in [0.05, 0.1) is 5.69 Å². The van der Waals surface area contributed by atoms with Gasteiger partial charge in [0, 0.05) is 30.5 Å². The molecule has 0 amide bonds. The lowest BCUT2D eigenvalue weighted by molar-refractivity contribution is -0.0447. The molecule has 3 fully saturated rings. The lowest BCUT2D eigenvalue weighted by Crippen LogP contribution is -2.31. The Morgan fingerprint density at radius 3 is 2.57 bits per heavy atom. The first-order valence-corrected chi connectivity index (χ1v) is 9.41. The number of hydrogen-bond acceptors (Lipinski definition) is 4. The molecule has 3 saturated carbocycles. The van der Waals surface area contributed by atoms with Gasteiger partial charge >= 0.3 is 0 Å². The van der Waals surface area contributed by atoms with Gasteiger partial charge in [-0.25, -0.2) is 4.98 Å². The topological polar surface area (TPSA) is 34.1 Å². The smallest absolute Gasteiger partial charge is 0.125 e. The molecule has 0 aromatic carbocycles. The summed E-state index contributed by atoms with van der Waals surface area (Å²) in [6.45, 7) is 1.02. The van der Waals surface area contributed by atoms with Crippen molar-refractivity contribution in [3.63, 3.8) is 0 Å². The molecule has 0 radical (unpaired) electrons. The summed E-state index contributed by atoms with van der Waals surface area (Å²) in [7, 11) is 1.88. The highest BCUT2D eigenvalue weighted by atomic mass is 32.1. The molecule has 0 atom stereocenters. The Balaban J connectivity index is 1.59. The fourth-order valence-electron chi connectivity index (χ4n) is 3.51.